The minimum atomic E-state index is 0.590. The molecule has 0 unspecified atom stereocenters. The number of oxazole rings is 1. The molecule has 0 N–H and O–H groups in total. The largest absolute Gasteiger partial charge is 0.456 e. The van der Waals surface area contributed by atoms with Crippen molar-refractivity contribution < 1.29 is 13.3 Å². The third-order valence-corrected chi connectivity index (χ3v) is 15.2. The number of aromatic nitrogens is 2. The number of hydrogen-bond donors (Lipinski definition) is 0. The van der Waals surface area contributed by atoms with Crippen LogP contribution in [0, 0.1) is 0 Å². The summed E-state index contributed by atoms with van der Waals surface area (Å²) in [7, 11) is 0. The zero-order chi connectivity index (χ0) is 49.8. The molecule has 76 heavy (non-hydrogen) atoms. The second kappa shape index (κ2) is 16.6. The molecule has 0 amide bonds. The van der Waals surface area contributed by atoms with E-state index in [1.165, 1.54) is 21.7 Å². The average molecular weight is 975 g/mol. The molecule has 0 radical (unpaired) electrons. The fourth-order valence-electron chi connectivity index (χ4n) is 11.6. The second-order valence-electron chi connectivity index (χ2n) is 19.5. The van der Waals surface area contributed by atoms with E-state index < -0.39 is 0 Å². The normalized spacial score (nSPS) is 11.9. The Kier molecular flexibility index (Phi) is 9.20. The first-order chi connectivity index (χ1) is 37.6. The van der Waals surface area contributed by atoms with Gasteiger partial charge in [-0.2, -0.15) is 0 Å². The molecule has 0 saturated carbocycles. The monoisotopic (exact) mass is 974 g/mol. The summed E-state index contributed by atoms with van der Waals surface area (Å²) in [5.74, 6) is 0.590. The van der Waals surface area contributed by atoms with E-state index in [-0.39, 0.29) is 0 Å². The van der Waals surface area contributed by atoms with Gasteiger partial charge in [0.25, 0.3) is 0 Å². The van der Waals surface area contributed by atoms with E-state index in [9.17, 15) is 0 Å². The SMILES string of the molecule is c1ccc(-n2c3ccccc3c3cc(N(c4ccc5c(ccc6cc(N(c7ccc(-c8nc9ccccc9o8)cc7)c7ccc8c(c7)oc7ccccc78)ccc65)c4)c4ccc5c(c4)oc4ccccc45)ccc32)cc1. The van der Waals surface area contributed by atoms with Crippen molar-refractivity contribution >= 4 is 132 Å². The summed E-state index contributed by atoms with van der Waals surface area (Å²) < 4.78 is 21.5. The highest BCUT2D eigenvalue weighted by molar-refractivity contribution is 6.13. The molecule has 0 aliphatic carbocycles. The fourth-order valence-corrected chi connectivity index (χ4v) is 11.6. The minimum Gasteiger partial charge on any atom is -0.456 e. The van der Waals surface area contributed by atoms with Crippen LogP contribution in [0.2, 0.25) is 0 Å². The van der Waals surface area contributed by atoms with Gasteiger partial charge in [-0.05, 0) is 155 Å². The van der Waals surface area contributed by atoms with Crippen LogP contribution in [-0.4, -0.2) is 9.55 Å². The number of para-hydroxylation sites is 6. The Labute approximate surface area is 434 Å². The highest BCUT2D eigenvalue weighted by Crippen LogP contribution is 2.45. The van der Waals surface area contributed by atoms with E-state index in [0.717, 1.165) is 122 Å². The summed E-state index contributed by atoms with van der Waals surface area (Å²) in [6, 6.07) is 90.1. The standard InChI is InChI=1S/C69H42N4O3/c1-2-12-46(13-3-1)73-62-18-8-4-14-55(62)60-40-50(32-37-63(60)73)72(52-31-36-59-57-16-6-10-20-65(57)75-68(59)42-52)49-29-34-54-45(39-49)23-22-44-38-48(28-33-53(44)54)71(51-30-35-58-56-15-5-9-19-64(56)74-67(58)41-51)47-26-24-43(25-27-47)69-70-61-17-7-11-21-66(61)76-69/h1-42H. The Balaban J connectivity index is 0.826. The van der Waals surface area contributed by atoms with Crippen molar-refractivity contribution in [1.29, 1.82) is 0 Å². The Bertz CT molecular complexity index is 4930. The third-order valence-electron chi connectivity index (χ3n) is 15.2. The second-order valence-corrected chi connectivity index (χ2v) is 19.5. The van der Waals surface area contributed by atoms with Gasteiger partial charge in [0.2, 0.25) is 5.89 Å². The molecule has 0 fully saturated rings. The summed E-state index contributed by atoms with van der Waals surface area (Å²) in [4.78, 5) is 9.44. The van der Waals surface area contributed by atoms with E-state index in [4.69, 9.17) is 18.2 Å². The molecule has 356 valence electrons. The van der Waals surface area contributed by atoms with Crippen molar-refractivity contribution in [3.05, 3.63) is 255 Å². The van der Waals surface area contributed by atoms with Crippen molar-refractivity contribution in [3.8, 4) is 17.1 Å². The Morgan fingerprint density at radius 1 is 0.289 bits per heavy atom. The number of fused-ring (bicyclic) bond motifs is 13. The summed E-state index contributed by atoms with van der Waals surface area (Å²) in [5, 5.41) is 11.4. The molecule has 4 aromatic heterocycles. The molecule has 0 aliphatic heterocycles. The van der Waals surface area contributed by atoms with Crippen molar-refractivity contribution in [2.45, 2.75) is 0 Å². The Morgan fingerprint density at radius 3 is 1.38 bits per heavy atom. The lowest BCUT2D eigenvalue weighted by Gasteiger charge is -2.27. The summed E-state index contributed by atoms with van der Waals surface area (Å²) in [5.41, 5.74) is 15.5. The predicted molar refractivity (Wildman–Crippen MR) is 313 cm³/mol. The van der Waals surface area contributed by atoms with Crippen LogP contribution in [0.25, 0.3) is 115 Å². The summed E-state index contributed by atoms with van der Waals surface area (Å²) in [6.07, 6.45) is 0. The zero-order valence-corrected chi connectivity index (χ0v) is 40.8. The highest BCUT2D eigenvalue weighted by atomic mass is 16.3. The molecule has 0 bridgehead atoms. The number of rotatable bonds is 8. The van der Waals surface area contributed by atoms with Gasteiger partial charge in [-0.3, -0.25) is 0 Å². The van der Waals surface area contributed by atoms with Gasteiger partial charge < -0.3 is 27.6 Å². The van der Waals surface area contributed by atoms with E-state index >= 15 is 0 Å². The van der Waals surface area contributed by atoms with Crippen molar-refractivity contribution in [1.82, 2.24) is 9.55 Å². The van der Waals surface area contributed by atoms with Gasteiger partial charge in [0.15, 0.2) is 5.58 Å². The summed E-state index contributed by atoms with van der Waals surface area (Å²) >= 11 is 0. The number of anilines is 6. The number of nitrogens with zero attached hydrogens (tertiary/aromatic N) is 4. The van der Waals surface area contributed by atoms with Gasteiger partial charge in [0, 0.05) is 89.8 Å². The molecule has 12 aromatic carbocycles. The fraction of sp³-hybridized carbons (Fsp3) is 0. The Hall–Kier alpha value is -10.4. The molecule has 4 heterocycles. The number of hydrogen-bond acceptors (Lipinski definition) is 6. The molecule has 0 aliphatic rings. The van der Waals surface area contributed by atoms with E-state index in [2.05, 4.69) is 221 Å². The van der Waals surface area contributed by atoms with E-state index in [0.29, 0.717) is 5.89 Å². The first-order valence-electron chi connectivity index (χ1n) is 25.6. The van der Waals surface area contributed by atoms with Gasteiger partial charge in [-0.25, -0.2) is 4.98 Å². The maximum atomic E-state index is 6.52. The van der Waals surface area contributed by atoms with Crippen molar-refractivity contribution in [3.63, 3.8) is 0 Å². The lowest BCUT2D eigenvalue weighted by atomic mass is 9.99. The maximum absolute atomic E-state index is 6.52. The predicted octanol–water partition coefficient (Wildman–Crippen LogP) is 19.6. The lowest BCUT2D eigenvalue weighted by molar-refractivity contribution is 0.620. The maximum Gasteiger partial charge on any atom is 0.227 e. The van der Waals surface area contributed by atoms with Crippen LogP contribution in [0.5, 0.6) is 0 Å². The van der Waals surface area contributed by atoms with Crippen LogP contribution in [0.4, 0.5) is 34.1 Å². The van der Waals surface area contributed by atoms with Gasteiger partial charge in [0.05, 0.1) is 11.0 Å². The minimum absolute atomic E-state index is 0.590. The van der Waals surface area contributed by atoms with Gasteiger partial charge in [0.1, 0.15) is 27.8 Å². The van der Waals surface area contributed by atoms with Crippen LogP contribution in [0.15, 0.2) is 268 Å². The summed E-state index contributed by atoms with van der Waals surface area (Å²) in [6.45, 7) is 0. The molecule has 0 atom stereocenters. The van der Waals surface area contributed by atoms with Crippen LogP contribution >= 0.6 is 0 Å². The van der Waals surface area contributed by atoms with Crippen LogP contribution in [0.3, 0.4) is 0 Å². The van der Waals surface area contributed by atoms with Crippen LogP contribution < -0.4 is 9.80 Å². The van der Waals surface area contributed by atoms with Crippen LogP contribution in [0.1, 0.15) is 0 Å². The molecule has 7 heteroatoms. The van der Waals surface area contributed by atoms with Crippen molar-refractivity contribution in [2.24, 2.45) is 0 Å². The smallest absolute Gasteiger partial charge is 0.227 e. The van der Waals surface area contributed by atoms with Gasteiger partial charge in [-0.15, -0.1) is 0 Å². The molecular formula is C69H42N4O3. The van der Waals surface area contributed by atoms with Gasteiger partial charge in [-0.1, -0.05) is 109 Å². The lowest BCUT2D eigenvalue weighted by Crippen LogP contribution is -2.10. The Morgan fingerprint density at radius 2 is 0.750 bits per heavy atom. The highest BCUT2D eigenvalue weighted by Gasteiger charge is 2.22. The first kappa shape index (κ1) is 42.2. The first-order valence-corrected chi connectivity index (χ1v) is 25.6. The molecule has 0 spiro atoms. The van der Waals surface area contributed by atoms with Crippen molar-refractivity contribution in [2.75, 3.05) is 9.80 Å². The quantitative estimate of drug-likeness (QED) is 0.141. The molecule has 16 rings (SSSR count). The van der Waals surface area contributed by atoms with Gasteiger partial charge >= 0.3 is 0 Å². The third kappa shape index (κ3) is 6.66. The van der Waals surface area contributed by atoms with Crippen LogP contribution in [-0.2, 0) is 0 Å². The average Bonchev–Trinajstić information content (AvgIpc) is 4.28. The zero-order valence-electron chi connectivity index (χ0n) is 40.8. The molecule has 7 nitrogen and oxygen atoms in total. The van der Waals surface area contributed by atoms with E-state index in [1.807, 2.05) is 48.5 Å². The molecule has 16 aromatic rings. The number of benzene rings is 12. The van der Waals surface area contributed by atoms with E-state index in [1.54, 1.807) is 0 Å². The molecular weight excluding hydrogens is 933 g/mol. The molecule has 0 saturated heterocycles. The number of furan rings is 2. The topological polar surface area (TPSA) is 63.7 Å².